The van der Waals surface area contributed by atoms with E-state index in [1.165, 1.54) is 18.8 Å². The van der Waals surface area contributed by atoms with E-state index in [1.807, 2.05) is 0 Å². The normalized spacial score (nSPS) is 17.1. The molecule has 0 atom stereocenters. The van der Waals surface area contributed by atoms with E-state index < -0.39 is 5.95 Å². The van der Waals surface area contributed by atoms with Crippen LogP contribution in [0.5, 0.6) is 0 Å². The Bertz CT molecular complexity index is 273. The van der Waals surface area contributed by atoms with Crippen molar-refractivity contribution in [2.24, 2.45) is 0 Å². The Balaban J connectivity index is 2.02. The minimum absolute atomic E-state index is 0.480. The van der Waals surface area contributed by atoms with E-state index in [4.69, 9.17) is 0 Å². The summed E-state index contributed by atoms with van der Waals surface area (Å²) in [6, 6.07) is 1.80. The predicted molar refractivity (Wildman–Crippen MR) is 43.3 cm³/mol. The van der Waals surface area contributed by atoms with Crippen molar-refractivity contribution in [2.75, 3.05) is 5.32 Å². The van der Waals surface area contributed by atoms with E-state index >= 15 is 0 Å². The average Bonchev–Trinajstić information content (AvgIpc) is 1.97. The zero-order chi connectivity index (χ0) is 8.39. The molecule has 0 saturated heterocycles. The molecule has 1 saturated carbocycles. The molecule has 0 aromatic carbocycles. The number of halogens is 1. The predicted octanol–water partition coefficient (Wildman–Crippen LogP) is 1.58. The van der Waals surface area contributed by atoms with Gasteiger partial charge in [-0.15, -0.1) is 0 Å². The lowest BCUT2D eigenvalue weighted by atomic mass is 9.93. The summed E-state index contributed by atoms with van der Waals surface area (Å²) in [6.45, 7) is 0. The van der Waals surface area contributed by atoms with E-state index in [-0.39, 0.29) is 0 Å². The molecular formula is C8H10FN3. The molecule has 0 bridgehead atoms. The number of rotatable bonds is 2. The van der Waals surface area contributed by atoms with Gasteiger partial charge in [0.2, 0.25) is 5.95 Å². The topological polar surface area (TPSA) is 37.8 Å². The highest BCUT2D eigenvalue weighted by atomic mass is 19.1. The third kappa shape index (κ3) is 1.52. The molecule has 0 radical (unpaired) electrons. The molecule has 1 N–H and O–H groups in total. The second-order valence-electron chi connectivity index (χ2n) is 3.00. The van der Waals surface area contributed by atoms with Crippen molar-refractivity contribution in [2.45, 2.75) is 25.3 Å². The van der Waals surface area contributed by atoms with Gasteiger partial charge >= 0.3 is 0 Å². The first-order chi connectivity index (χ1) is 5.84. The third-order valence-corrected chi connectivity index (χ3v) is 2.09. The molecule has 1 aliphatic carbocycles. The number of nitrogens with one attached hydrogen (secondary N) is 1. The molecule has 0 spiro atoms. The third-order valence-electron chi connectivity index (χ3n) is 2.09. The molecule has 0 aliphatic heterocycles. The van der Waals surface area contributed by atoms with Crippen LogP contribution in [0.2, 0.25) is 0 Å². The molecule has 1 fully saturated rings. The molecule has 2 rings (SSSR count). The quantitative estimate of drug-likeness (QED) is 0.679. The second kappa shape index (κ2) is 3.05. The molecule has 1 aromatic heterocycles. The van der Waals surface area contributed by atoms with Gasteiger partial charge in [-0.3, -0.25) is 0 Å². The Kier molecular flexibility index (Phi) is 1.89. The van der Waals surface area contributed by atoms with Crippen molar-refractivity contribution in [1.82, 2.24) is 9.97 Å². The molecule has 0 amide bonds. The van der Waals surface area contributed by atoms with E-state index in [0.717, 1.165) is 12.8 Å². The maximum atomic E-state index is 12.5. The Morgan fingerprint density at radius 2 is 2.25 bits per heavy atom. The largest absolute Gasteiger partial charge is 0.367 e. The van der Waals surface area contributed by atoms with E-state index in [1.54, 1.807) is 0 Å². The fourth-order valence-electron chi connectivity index (χ4n) is 1.17. The summed E-state index contributed by atoms with van der Waals surface area (Å²) >= 11 is 0. The Labute approximate surface area is 70.0 Å². The van der Waals surface area contributed by atoms with Gasteiger partial charge in [0.05, 0.1) is 0 Å². The summed E-state index contributed by atoms with van der Waals surface area (Å²) in [5, 5.41) is 3.13. The Morgan fingerprint density at radius 1 is 1.42 bits per heavy atom. The Morgan fingerprint density at radius 3 is 2.83 bits per heavy atom. The van der Waals surface area contributed by atoms with Crippen LogP contribution in [-0.4, -0.2) is 16.0 Å². The molecule has 1 aromatic rings. The fourth-order valence-corrected chi connectivity index (χ4v) is 1.17. The molecule has 64 valence electrons. The average molecular weight is 167 g/mol. The summed E-state index contributed by atoms with van der Waals surface area (Å²) in [5.41, 5.74) is 0. The minimum atomic E-state index is -0.480. The molecule has 4 heteroatoms. The van der Waals surface area contributed by atoms with Gasteiger partial charge in [-0.05, 0) is 19.3 Å². The lowest BCUT2D eigenvalue weighted by Crippen LogP contribution is -2.27. The van der Waals surface area contributed by atoms with Gasteiger partial charge in [-0.25, -0.2) is 9.97 Å². The van der Waals surface area contributed by atoms with Crippen LogP contribution in [0.3, 0.4) is 0 Å². The second-order valence-corrected chi connectivity index (χ2v) is 3.00. The highest BCUT2D eigenvalue weighted by molar-refractivity contribution is 5.34. The monoisotopic (exact) mass is 167 g/mol. The van der Waals surface area contributed by atoms with Crippen molar-refractivity contribution >= 4 is 5.82 Å². The van der Waals surface area contributed by atoms with Gasteiger partial charge < -0.3 is 5.32 Å². The van der Waals surface area contributed by atoms with Gasteiger partial charge in [-0.2, -0.15) is 4.39 Å². The zero-order valence-electron chi connectivity index (χ0n) is 6.63. The molecule has 12 heavy (non-hydrogen) atoms. The molecule has 1 heterocycles. The summed E-state index contributed by atoms with van der Waals surface area (Å²) in [5.74, 6) is 0.110. The summed E-state index contributed by atoms with van der Waals surface area (Å²) < 4.78 is 12.5. The number of aromatic nitrogens is 2. The van der Waals surface area contributed by atoms with Crippen molar-refractivity contribution in [3.63, 3.8) is 0 Å². The van der Waals surface area contributed by atoms with Crippen LogP contribution in [-0.2, 0) is 0 Å². The first kappa shape index (κ1) is 7.46. The van der Waals surface area contributed by atoms with Crippen LogP contribution in [0.25, 0.3) is 0 Å². The van der Waals surface area contributed by atoms with Crippen LogP contribution >= 0.6 is 0 Å². The molecule has 3 nitrogen and oxygen atoms in total. The first-order valence-corrected chi connectivity index (χ1v) is 4.09. The SMILES string of the molecule is Fc1cc(NC2CCC2)ncn1. The fraction of sp³-hybridized carbons (Fsp3) is 0.500. The molecule has 0 unspecified atom stereocenters. The number of nitrogens with zero attached hydrogens (tertiary/aromatic N) is 2. The lowest BCUT2D eigenvalue weighted by molar-refractivity contribution is 0.444. The minimum Gasteiger partial charge on any atom is -0.367 e. The van der Waals surface area contributed by atoms with Crippen molar-refractivity contribution < 1.29 is 4.39 Å². The Hall–Kier alpha value is -1.19. The van der Waals surface area contributed by atoms with Gasteiger partial charge in [0.25, 0.3) is 0 Å². The van der Waals surface area contributed by atoms with Gasteiger partial charge in [0, 0.05) is 12.1 Å². The summed E-state index contributed by atoms with van der Waals surface area (Å²) in [6.07, 6.45) is 4.80. The van der Waals surface area contributed by atoms with Gasteiger partial charge in [0.15, 0.2) is 0 Å². The van der Waals surface area contributed by atoms with Crippen LogP contribution < -0.4 is 5.32 Å². The smallest absolute Gasteiger partial charge is 0.217 e. The van der Waals surface area contributed by atoms with Crippen LogP contribution in [0.15, 0.2) is 12.4 Å². The van der Waals surface area contributed by atoms with Gasteiger partial charge in [0.1, 0.15) is 12.1 Å². The van der Waals surface area contributed by atoms with Crippen LogP contribution in [0.4, 0.5) is 10.2 Å². The van der Waals surface area contributed by atoms with Crippen LogP contribution in [0.1, 0.15) is 19.3 Å². The van der Waals surface area contributed by atoms with Crippen molar-refractivity contribution in [3.8, 4) is 0 Å². The standard InChI is InChI=1S/C8H10FN3/c9-7-4-8(11-5-10-7)12-6-2-1-3-6/h4-6H,1-3H2,(H,10,11,12). The van der Waals surface area contributed by atoms with Crippen molar-refractivity contribution in [1.29, 1.82) is 0 Å². The highest BCUT2D eigenvalue weighted by Crippen LogP contribution is 2.21. The zero-order valence-corrected chi connectivity index (χ0v) is 6.63. The van der Waals surface area contributed by atoms with E-state index in [2.05, 4.69) is 15.3 Å². The van der Waals surface area contributed by atoms with Crippen LogP contribution in [0, 0.1) is 5.95 Å². The summed E-state index contributed by atoms with van der Waals surface area (Å²) in [4.78, 5) is 7.27. The number of anilines is 1. The van der Waals surface area contributed by atoms with Crippen molar-refractivity contribution in [3.05, 3.63) is 18.3 Å². The number of hydrogen-bond donors (Lipinski definition) is 1. The lowest BCUT2D eigenvalue weighted by Gasteiger charge is -2.26. The first-order valence-electron chi connectivity index (χ1n) is 4.09. The van der Waals surface area contributed by atoms with Gasteiger partial charge in [-0.1, -0.05) is 0 Å². The molecular weight excluding hydrogens is 157 g/mol. The maximum Gasteiger partial charge on any atom is 0.217 e. The van der Waals surface area contributed by atoms with E-state index in [9.17, 15) is 4.39 Å². The summed E-state index contributed by atoms with van der Waals surface area (Å²) in [7, 11) is 0. The van der Waals surface area contributed by atoms with E-state index in [0.29, 0.717) is 11.9 Å². The highest BCUT2D eigenvalue weighted by Gasteiger charge is 2.17. The molecule has 1 aliphatic rings. The number of hydrogen-bond acceptors (Lipinski definition) is 3. The maximum absolute atomic E-state index is 12.5.